The Labute approximate surface area is 111 Å². The Kier molecular flexibility index (Phi) is 2.80. The second-order valence-electron chi connectivity index (χ2n) is 4.42. The molecule has 3 rings (SSSR count). The zero-order valence-electron chi connectivity index (χ0n) is 9.69. The summed E-state index contributed by atoms with van der Waals surface area (Å²) >= 11 is 5.99. The third-order valence-corrected chi connectivity index (χ3v) is 3.43. The Morgan fingerprint density at radius 2 is 1.94 bits per heavy atom. The number of Topliss-reactive ketones (excluding diaryl/α,β-unsaturated/α-hetero) is 1. The van der Waals surface area contributed by atoms with E-state index in [4.69, 9.17) is 11.6 Å². The van der Waals surface area contributed by atoms with Gasteiger partial charge in [-0.2, -0.15) is 0 Å². The molecule has 0 aromatic heterocycles. The van der Waals surface area contributed by atoms with Gasteiger partial charge >= 0.3 is 0 Å². The second-order valence-corrected chi connectivity index (χ2v) is 4.86. The van der Waals surface area contributed by atoms with Crippen molar-refractivity contribution in [3.63, 3.8) is 0 Å². The van der Waals surface area contributed by atoms with Gasteiger partial charge in [-0.25, -0.2) is 0 Å². The van der Waals surface area contributed by atoms with Crippen molar-refractivity contribution in [2.75, 3.05) is 5.32 Å². The van der Waals surface area contributed by atoms with Crippen LogP contribution in [0.15, 0.2) is 48.5 Å². The van der Waals surface area contributed by atoms with Gasteiger partial charge in [0.2, 0.25) is 0 Å². The summed E-state index contributed by atoms with van der Waals surface area (Å²) in [5.41, 5.74) is 2.72. The number of carbonyl (C=O) groups is 1. The maximum absolute atomic E-state index is 12.1. The minimum atomic E-state index is 0.00565. The summed E-state index contributed by atoms with van der Waals surface area (Å²) in [5.74, 6) is 0.175. The van der Waals surface area contributed by atoms with Gasteiger partial charge in [-0.05, 0) is 29.8 Å². The fourth-order valence-electron chi connectivity index (χ4n) is 2.31. The molecule has 1 aliphatic heterocycles. The van der Waals surface area contributed by atoms with Gasteiger partial charge in [0.1, 0.15) is 0 Å². The summed E-state index contributed by atoms with van der Waals surface area (Å²) in [5, 5.41) is 4.09. The van der Waals surface area contributed by atoms with E-state index >= 15 is 0 Å². The molecular weight excluding hydrogens is 246 g/mol. The zero-order chi connectivity index (χ0) is 12.5. The summed E-state index contributed by atoms with van der Waals surface area (Å²) in [4.78, 5) is 12.1. The van der Waals surface area contributed by atoms with E-state index in [1.165, 1.54) is 0 Å². The predicted molar refractivity (Wildman–Crippen MR) is 73.2 cm³/mol. The predicted octanol–water partition coefficient (Wildman–Crippen LogP) is 4.08. The number of nitrogens with one attached hydrogen (secondary N) is 1. The maximum atomic E-state index is 12.1. The molecule has 0 unspecified atom stereocenters. The van der Waals surface area contributed by atoms with Crippen LogP contribution in [0.3, 0.4) is 0 Å². The van der Waals surface area contributed by atoms with E-state index in [0.717, 1.165) is 16.8 Å². The minimum absolute atomic E-state index is 0.00565. The van der Waals surface area contributed by atoms with Crippen LogP contribution in [-0.4, -0.2) is 5.78 Å². The maximum Gasteiger partial charge on any atom is 0.167 e. The normalized spacial score (nSPS) is 18.1. The summed E-state index contributed by atoms with van der Waals surface area (Å²) in [6.07, 6.45) is 0.470. The molecule has 1 atom stereocenters. The van der Waals surface area contributed by atoms with Crippen LogP contribution in [0.2, 0.25) is 5.02 Å². The largest absolute Gasteiger partial charge is 0.377 e. The van der Waals surface area contributed by atoms with Crippen molar-refractivity contribution in [3.8, 4) is 0 Å². The fraction of sp³-hybridized carbons (Fsp3) is 0.133. The van der Waals surface area contributed by atoms with E-state index in [1.54, 1.807) is 0 Å². The number of anilines is 1. The first-order valence-electron chi connectivity index (χ1n) is 5.88. The molecule has 1 N–H and O–H groups in total. The summed E-state index contributed by atoms with van der Waals surface area (Å²) in [6.45, 7) is 0. The quantitative estimate of drug-likeness (QED) is 0.834. The van der Waals surface area contributed by atoms with Crippen molar-refractivity contribution in [1.29, 1.82) is 0 Å². The molecular formula is C15H12ClNO. The van der Waals surface area contributed by atoms with Crippen molar-refractivity contribution >= 4 is 23.1 Å². The van der Waals surface area contributed by atoms with E-state index in [9.17, 15) is 4.79 Å². The molecule has 90 valence electrons. The zero-order valence-corrected chi connectivity index (χ0v) is 10.4. The van der Waals surface area contributed by atoms with E-state index in [1.807, 2.05) is 48.5 Å². The molecule has 2 aromatic rings. The highest BCUT2D eigenvalue weighted by atomic mass is 35.5. The van der Waals surface area contributed by atoms with Crippen molar-refractivity contribution in [1.82, 2.24) is 0 Å². The number of halogens is 1. The molecule has 1 aliphatic rings. The highest BCUT2D eigenvalue weighted by molar-refractivity contribution is 6.30. The lowest BCUT2D eigenvalue weighted by Gasteiger charge is -2.26. The number of hydrogen-bond acceptors (Lipinski definition) is 2. The van der Waals surface area contributed by atoms with Crippen molar-refractivity contribution in [2.24, 2.45) is 0 Å². The highest BCUT2D eigenvalue weighted by Gasteiger charge is 2.24. The first-order valence-corrected chi connectivity index (χ1v) is 6.26. The van der Waals surface area contributed by atoms with Crippen LogP contribution < -0.4 is 5.32 Å². The average molecular weight is 258 g/mol. The Morgan fingerprint density at radius 1 is 1.11 bits per heavy atom. The van der Waals surface area contributed by atoms with Gasteiger partial charge in [0.05, 0.1) is 6.04 Å². The molecule has 18 heavy (non-hydrogen) atoms. The van der Waals surface area contributed by atoms with Gasteiger partial charge in [-0.15, -0.1) is 0 Å². The lowest BCUT2D eigenvalue weighted by Crippen LogP contribution is -2.22. The Morgan fingerprint density at radius 3 is 2.78 bits per heavy atom. The Balaban J connectivity index is 1.97. The fourth-order valence-corrected chi connectivity index (χ4v) is 2.51. The summed E-state index contributed by atoms with van der Waals surface area (Å²) < 4.78 is 0. The van der Waals surface area contributed by atoms with E-state index in [-0.39, 0.29) is 11.8 Å². The molecule has 0 amide bonds. The van der Waals surface area contributed by atoms with Crippen molar-refractivity contribution in [2.45, 2.75) is 12.5 Å². The van der Waals surface area contributed by atoms with Crippen LogP contribution in [0.25, 0.3) is 0 Å². The topological polar surface area (TPSA) is 29.1 Å². The second kappa shape index (κ2) is 4.46. The lowest BCUT2D eigenvalue weighted by atomic mass is 9.92. The van der Waals surface area contributed by atoms with E-state index in [0.29, 0.717) is 11.4 Å². The van der Waals surface area contributed by atoms with Crippen LogP contribution in [0.4, 0.5) is 5.69 Å². The number of para-hydroxylation sites is 1. The van der Waals surface area contributed by atoms with Crippen LogP contribution in [-0.2, 0) is 0 Å². The first kappa shape index (κ1) is 11.3. The van der Waals surface area contributed by atoms with Gasteiger partial charge in [-0.3, -0.25) is 4.79 Å². The van der Waals surface area contributed by atoms with E-state index in [2.05, 4.69) is 5.32 Å². The number of rotatable bonds is 1. The molecule has 0 saturated heterocycles. The summed E-state index contributed by atoms with van der Waals surface area (Å²) in [7, 11) is 0. The lowest BCUT2D eigenvalue weighted by molar-refractivity contribution is 0.0972. The Bertz CT molecular complexity index is 609. The van der Waals surface area contributed by atoms with Crippen LogP contribution >= 0.6 is 11.6 Å². The number of hydrogen-bond donors (Lipinski definition) is 1. The highest BCUT2D eigenvalue weighted by Crippen LogP contribution is 2.32. The molecule has 1 heterocycles. The van der Waals surface area contributed by atoms with Gasteiger partial charge < -0.3 is 5.32 Å². The number of fused-ring (bicyclic) bond motifs is 1. The molecule has 2 nitrogen and oxygen atoms in total. The van der Waals surface area contributed by atoms with Crippen LogP contribution in [0.1, 0.15) is 28.4 Å². The molecule has 0 aliphatic carbocycles. The third-order valence-electron chi connectivity index (χ3n) is 3.20. The SMILES string of the molecule is O=C1C[C@@H](c2cccc(Cl)c2)Nc2ccccc21. The molecule has 0 radical (unpaired) electrons. The smallest absolute Gasteiger partial charge is 0.167 e. The minimum Gasteiger partial charge on any atom is -0.377 e. The van der Waals surface area contributed by atoms with E-state index < -0.39 is 0 Å². The molecule has 0 bridgehead atoms. The molecule has 0 fully saturated rings. The summed E-state index contributed by atoms with van der Waals surface area (Å²) in [6, 6.07) is 15.3. The van der Waals surface area contributed by atoms with Crippen molar-refractivity contribution in [3.05, 3.63) is 64.7 Å². The first-order chi connectivity index (χ1) is 8.74. The standard InChI is InChI=1S/C15H12ClNO/c16-11-5-3-4-10(8-11)14-9-15(18)12-6-1-2-7-13(12)17-14/h1-8,14,17H,9H2/t14-/m0/s1. The number of carbonyl (C=O) groups excluding carboxylic acids is 1. The molecule has 0 spiro atoms. The monoisotopic (exact) mass is 257 g/mol. The van der Waals surface area contributed by atoms with Crippen molar-refractivity contribution < 1.29 is 4.79 Å². The molecule has 3 heteroatoms. The van der Waals surface area contributed by atoms with Gasteiger partial charge in [0, 0.05) is 22.7 Å². The van der Waals surface area contributed by atoms with Gasteiger partial charge in [-0.1, -0.05) is 35.9 Å². The number of ketones is 1. The van der Waals surface area contributed by atoms with Crippen LogP contribution in [0, 0.1) is 0 Å². The van der Waals surface area contributed by atoms with Crippen LogP contribution in [0.5, 0.6) is 0 Å². The van der Waals surface area contributed by atoms with Gasteiger partial charge in [0.15, 0.2) is 5.78 Å². The molecule has 2 aromatic carbocycles. The third kappa shape index (κ3) is 2.00. The molecule has 0 saturated carbocycles. The number of benzene rings is 2. The Hall–Kier alpha value is -1.80. The average Bonchev–Trinajstić information content (AvgIpc) is 2.39. The van der Waals surface area contributed by atoms with Gasteiger partial charge in [0.25, 0.3) is 0 Å².